The van der Waals surface area contributed by atoms with Crippen LogP contribution >= 0.6 is 11.6 Å². The van der Waals surface area contributed by atoms with E-state index in [2.05, 4.69) is 15.0 Å². The molecule has 1 aliphatic rings. The number of hydrogen-bond donors (Lipinski definition) is 0. The summed E-state index contributed by atoms with van der Waals surface area (Å²) in [5.41, 5.74) is -0.522. The minimum atomic E-state index is -3.58. The van der Waals surface area contributed by atoms with E-state index in [-0.39, 0.29) is 22.2 Å². The third-order valence-electron chi connectivity index (χ3n) is 5.26. The summed E-state index contributed by atoms with van der Waals surface area (Å²) in [6, 6.07) is 3.97. The van der Waals surface area contributed by atoms with Crippen LogP contribution in [0.4, 0.5) is 8.78 Å². The van der Waals surface area contributed by atoms with Crippen LogP contribution < -0.4 is 0 Å². The van der Waals surface area contributed by atoms with Crippen molar-refractivity contribution in [1.82, 2.24) is 9.97 Å². The second-order valence-corrected chi connectivity index (χ2v) is 10.6. The molecule has 0 aliphatic carbocycles. The number of aliphatic imine (C=N–C) groups is 1. The lowest BCUT2D eigenvalue weighted by Crippen LogP contribution is -2.50. The Labute approximate surface area is 173 Å². The summed E-state index contributed by atoms with van der Waals surface area (Å²) in [5, 5.41) is 0.133. The zero-order chi connectivity index (χ0) is 21.6. The summed E-state index contributed by atoms with van der Waals surface area (Å²) < 4.78 is 53.6. The molecule has 5 nitrogen and oxygen atoms in total. The van der Waals surface area contributed by atoms with Crippen LogP contribution in [0.1, 0.15) is 44.5 Å². The summed E-state index contributed by atoms with van der Waals surface area (Å²) in [5.74, 6) is -1.64. The first kappa shape index (κ1) is 21.5. The summed E-state index contributed by atoms with van der Waals surface area (Å²) in [4.78, 5) is 12.2. The van der Waals surface area contributed by atoms with Crippen LogP contribution in [-0.4, -0.2) is 34.6 Å². The second kappa shape index (κ2) is 7.25. The number of rotatable bonds is 3. The zero-order valence-corrected chi connectivity index (χ0v) is 17.9. The molecule has 2 aromatic rings. The lowest BCUT2D eigenvalue weighted by molar-refractivity contribution is 0.476. The van der Waals surface area contributed by atoms with Crippen molar-refractivity contribution >= 4 is 39.1 Å². The second-order valence-electron chi connectivity index (χ2n) is 7.70. The highest BCUT2D eigenvalue weighted by Gasteiger charge is 2.48. The Balaban J connectivity index is 2.07. The minimum Gasteiger partial charge on any atom is -0.280 e. The molecule has 0 bridgehead atoms. The van der Waals surface area contributed by atoms with E-state index in [1.807, 2.05) is 0 Å². The monoisotopic (exact) mass is 439 g/mol. The zero-order valence-electron chi connectivity index (χ0n) is 16.4. The topological polar surface area (TPSA) is 72.3 Å². The molecule has 29 heavy (non-hydrogen) atoms. The molecule has 1 atom stereocenters. The van der Waals surface area contributed by atoms with E-state index in [1.165, 1.54) is 36.7 Å². The molecule has 0 saturated heterocycles. The van der Waals surface area contributed by atoms with Gasteiger partial charge >= 0.3 is 0 Å². The highest BCUT2D eigenvalue weighted by atomic mass is 35.5. The fourth-order valence-electron chi connectivity index (χ4n) is 3.15. The Morgan fingerprint density at radius 3 is 2.48 bits per heavy atom. The van der Waals surface area contributed by atoms with Crippen molar-refractivity contribution in [2.75, 3.05) is 5.75 Å². The third-order valence-corrected chi connectivity index (χ3v) is 8.25. The molecule has 1 aromatic carbocycles. The Bertz CT molecular complexity index is 1130. The predicted octanol–water partition coefficient (Wildman–Crippen LogP) is 4.62. The van der Waals surface area contributed by atoms with Crippen LogP contribution in [0.3, 0.4) is 0 Å². The Morgan fingerprint density at radius 1 is 1.21 bits per heavy atom. The molecule has 9 heteroatoms. The maximum absolute atomic E-state index is 14.7. The molecule has 0 spiro atoms. The lowest BCUT2D eigenvalue weighted by Gasteiger charge is -2.38. The quantitative estimate of drug-likeness (QED) is 0.699. The molecule has 154 valence electrons. The van der Waals surface area contributed by atoms with Crippen molar-refractivity contribution in [2.24, 2.45) is 4.99 Å². The number of hydrogen-bond acceptors (Lipinski definition) is 5. The summed E-state index contributed by atoms with van der Waals surface area (Å²) in [7, 11) is -3.58. The molecule has 3 rings (SSSR count). The molecule has 0 unspecified atom stereocenters. The highest BCUT2D eigenvalue weighted by Crippen LogP contribution is 2.39. The van der Waals surface area contributed by atoms with Gasteiger partial charge in [-0.2, -0.15) is 0 Å². The summed E-state index contributed by atoms with van der Waals surface area (Å²) >= 11 is 5.65. The normalized spacial score (nSPS) is 23.6. The maximum atomic E-state index is 14.7. The predicted molar refractivity (Wildman–Crippen MR) is 111 cm³/mol. The molecule has 2 heterocycles. The van der Waals surface area contributed by atoms with Crippen LogP contribution in [0.2, 0.25) is 5.15 Å². The number of nitrogens with zero attached hydrogens (tertiary/aromatic N) is 3. The van der Waals surface area contributed by atoms with E-state index in [4.69, 9.17) is 11.6 Å². The molecule has 0 saturated carbocycles. The molecule has 0 fully saturated rings. The van der Waals surface area contributed by atoms with E-state index in [1.54, 1.807) is 27.7 Å². The largest absolute Gasteiger partial charge is 0.280 e. The number of halogens is 3. The van der Waals surface area contributed by atoms with Crippen LogP contribution in [0.25, 0.3) is 11.9 Å². The molecular formula is C20H20ClF2N3O2S. The van der Waals surface area contributed by atoms with Gasteiger partial charge in [0.05, 0.1) is 23.7 Å². The average Bonchev–Trinajstić information content (AvgIpc) is 2.62. The molecule has 0 N–H and O–H groups in total. The molecule has 0 amide bonds. The number of sulfone groups is 1. The van der Waals surface area contributed by atoms with E-state index < -0.39 is 31.8 Å². The van der Waals surface area contributed by atoms with Crippen molar-refractivity contribution in [1.29, 1.82) is 0 Å². The SMILES string of the molecule is CC1=N[C@](C)(c2cc(/C=C(\F)c3cnc(Cl)cn3)ccc2F)CS(=O)(=O)C1(C)C. The summed E-state index contributed by atoms with van der Waals surface area (Å²) in [6.45, 7) is 6.35. The van der Waals surface area contributed by atoms with Crippen molar-refractivity contribution in [3.05, 3.63) is 58.4 Å². The number of benzene rings is 1. The standard InChI is InChI=1S/C20H20ClF2N3O2S/c1-12-19(2,3)29(27,28)11-20(4,26-12)14-7-13(5-6-15(14)22)8-16(23)17-9-25-18(21)10-24-17/h5-10H,11H2,1-4H3/b16-8-/t20-/m0/s1. The van der Waals surface area contributed by atoms with Crippen molar-refractivity contribution < 1.29 is 17.2 Å². The van der Waals surface area contributed by atoms with Crippen LogP contribution in [0, 0.1) is 5.82 Å². The van der Waals surface area contributed by atoms with Gasteiger partial charge < -0.3 is 0 Å². The van der Waals surface area contributed by atoms with E-state index in [9.17, 15) is 17.2 Å². The van der Waals surface area contributed by atoms with Gasteiger partial charge in [0, 0.05) is 11.3 Å². The van der Waals surface area contributed by atoms with Crippen molar-refractivity contribution in [3.63, 3.8) is 0 Å². The average molecular weight is 440 g/mol. The van der Waals surface area contributed by atoms with E-state index >= 15 is 0 Å². The van der Waals surface area contributed by atoms with Gasteiger partial charge in [0.1, 0.15) is 21.4 Å². The van der Waals surface area contributed by atoms with E-state index in [0.717, 1.165) is 0 Å². The molecular weight excluding hydrogens is 420 g/mol. The van der Waals surface area contributed by atoms with Gasteiger partial charge in [-0.25, -0.2) is 27.2 Å². The smallest absolute Gasteiger partial charge is 0.163 e. The minimum absolute atomic E-state index is 0.0256. The Kier molecular flexibility index (Phi) is 5.38. The van der Waals surface area contributed by atoms with Crippen molar-refractivity contribution in [3.8, 4) is 0 Å². The first-order valence-electron chi connectivity index (χ1n) is 8.80. The van der Waals surface area contributed by atoms with Crippen LogP contribution in [0.15, 0.2) is 35.6 Å². The molecule has 1 aliphatic heterocycles. The maximum Gasteiger partial charge on any atom is 0.163 e. The fourth-order valence-corrected chi connectivity index (χ4v) is 5.07. The van der Waals surface area contributed by atoms with Gasteiger partial charge in [-0.3, -0.25) is 4.99 Å². The molecule has 0 radical (unpaired) electrons. The van der Waals surface area contributed by atoms with Gasteiger partial charge in [-0.1, -0.05) is 17.7 Å². The van der Waals surface area contributed by atoms with E-state index in [0.29, 0.717) is 11.3 Å². The highest BCUT2D eigenvalue weighted by molar-refractivity contribution is 7.93. The van der Waals surface area contributed by atoms with Crippen molar-refractivity contribution in [2.45, 2.75) is 38.0 Å². The third kappa shape index (κ3) is 3.96. The van der Waals surface area contributed by atoms with Gasteiger partial charge in [0.25, 0.3) is 0 Å². The van der Waals surface area contributed by atoms with Gasteiger partial charge in [0.15, 0.2) is 15.7 Å². The van der Waals surface area contributed by atoms with Gasteiger partial charge in [-0.05, 0) is 51.5 Å². The Morgan fingerprint density at radius 2 is 1.90 bits per heavy atom. The van der Waals surface area contributed by atoms with Crippen LogP contribution in [0.5, 0.6) is 0 Å². The summed E-state index contributed by atoms with van der Waals surface area (Å²) in [6.07, 6.45) is 3.57. The first-order chi connectivity index (χ1) is 13.4. The van der Waals surface area contributed by atoms with Gasteiger partial charge in [0.2, 0.25) is 0 Å². The van der Waals surface area contributed by atoms with Crippen LogP contribution in [-0.2, 0) is 15.4 Å². The van der Waals surface area contributed by atoms with Gasteiger partial charge in [-0.15, -0.1) is 0 Å². The molecule has 1 aromatic heterocycles. The lowest BCUT2D eigenvalue weighted by atomic mass is 9.91. The fraction of sp³-hybridized carbons (Fsp3) is 0.350. The Hall–Kier alpha value is -2.19. The first-order valence-corrected chi connectivity index (χ1v) is 10.8. The number of aromatic nitrogens is 2.